The van der Waals surface area contributed by atoms with Gasteiger partial charge in [-0.15, -0.1) is 0 Å². The van der Waals surface area contributed by atoms with Crippen molar-refractivity contribution in [2.24, 2.45) is 4.99 Å². The van der Waals surface area contributed by atoms with Gasteiger partial charge in [0.1, 0.15) is 5.55 Å². The highest BCUT2D eigenvalue weighted by Gasteiger charge is 2.07. The van der Waals surface area contributed by atoms with Gasteiger partial charge in [-0.2, -0.15) is 0 Å². The van der Waals surface area contributed by atoms with Crippen molar-refractivity contribution in [1.82, 2.24) is 0 Å². The zero-order valence-electron chi connectivity index (χ0n) is 4.05. The fourth-order valence-electron chi connectivity index (χ4n) is 0.363. The van der Waals surface area contributed by atoms with Crippen LogP contribution in [0.25, 0.3) is 0 Å². The van der Waals surface area contributed by atoms with E-state index in [1.165, 1.54) is 0 Å². The molecule has 0 bridgehead atoms. The molecule has 1 atom stereocenters. The second kappa shape index (κ2) is 2.33. The molecule has 3 heteroatoms. The van der Waals surface area contributed by atoms with Gasteiger partial charge in [-0.05, 0) is 0 Å². The molecule has 0 aromatic rings. The Kier molecular flexibility index (Phi) is 1.70. The first kappa shape index (κ1) is 5.12. The minimum absolute atomic E-state index is 0.0741. The summed E-state index contributed by atoms with van der Waals surface area (Å²) in [6.07, 6.45) is 0.0741. The van der Waals surface area contributed by atoms with Gasteiger partial charge >= 0.3 is 0 Å². The van der Waals surface area contributed by atoms with Gasteiger partial charge in [0, 0.05) is 12.9 Å². The number of ether oxygens (including phenoxy) is 1. The summed E-state index contributed by atoms with van der Waals surface area (Å²) in [7, 11) is 1.65. The molecule has 39 valence electrons. The summed E-state index contributed by atoms with van der Waals surface area (Å²) < 4.78 is 4.86. The summed E-state index contributed by atoms with van der Waals surface area (Å²) in [5.41, 5.74) is 2.74. The van der Waals surface area contributed by atoms with Crippen LogP contribution in [0.2, 0.25) is 0 Å². The number of methoxy groups -OCH3 is 1. The SMILES string of the molecule is COC1CS[C]=N1. The van der Waals surface area contributed by atoms with Crippen LogP contribution in [0.1, 0.15) is 0 Å². The number of hydrogen-bond acceptors (Lipinski definition) is 3. The van der Waals surface area contributed by atoms with Gasteiger partial charge < -0.3 is 4.74 Å². The van der Waals surface area contributed by atoms with Crippen LogP contribution in [0.15, 0.2) is 4.99 Å². The lowest BCUT2D eigenvalue weighted by molar-refractivity contribution is 0.132. The number of rotatable bonds is 1. The van der Waals surface area contributed by atoms with Crippen molar-refractivity contribution in [2.45, 2.75) is 6.23 Å². The second-order valence-corrected chi connectivity index (χ2v) is 2.03. The number of hydrogen-bond donors (Lipinski definition) is 0. The van der Waals surface area contributed by atoms with E-state index in [0.717, 1.165) is 5.75 Å². The van der Waals surface area contributed by atoms with Crippen molar-refractivity contribution < 1.29 is 4.74 Å². The molecule has 0 aliphatic carbocycles. The standard InChI is InChI=1S/C4H6NOS/c1-6-4-2-7-3-5-4/h4H,2H2,1H3. The van der Waals surface area contributed by atoms with Crippen molar-refractivity contribution in [3.63, 3.8) is 0 Å². The Bertz CT molecular complexity index is 83.8. The van der Waals surface area contributed by atoms with E-state index < -0.39 is 0 Å². The zero-order chi connectivity index (χ0) is 5.11. The molecule has 0 fully saturated rings. The highest BCUT2D eigenvalue weighted by molar-refractivity contribution is 8.12. The van der Waals surface area contributed by atoms with Crippen molar-refractivity contribution in [1.29, 1.82) is 0 Å². The molecule has 1 rings (SSSR count). The molecule has 1 aliphatic rings. The van der Waals surface area contributed by atoms with Crippen molar-refractivity contribution >= 4 is 17.3 Å². The topological polar surface area (TPSA) is 21.6 Å². The largest absolute Gasteiger partial charge is 0.359 e. The molecular formula is C4H6NOS. The molecule has 0 amide bonds. The van der Waals surface area contributed by atoms with E-state index >= 15 is 0 Å². The summed E-state index contributed by atoms with van der Waals surface area (Å²) in [5, 5.41) is 0. The maximum atomic E-state index is 4.86. The van der Waals surface area contributed by atoms with Crippen LogP contribution in [0.4, 0.5) is 0 Å². The third kappa shape index (κ3) is 1.17. The summed E-state index contributed by atoms with van der Waals surface area (Å²) >= 11 is 1.57. The quantitative estimate of drug-likeness (QED) is 0.500. The van der Waals surface area contributed by atoms with E-state index in [1.807, 2.05) is 0 Å². The first-order chi connectivity index (χ1) is 3.43. The Hall–Kier alpha value is -0.0200. The number of aliphatic imine (C=N–C) groups is 1. The van der Waals surface area contributed by atoms with Crippen LogP contribution in [-0.4, -0.2) is 24.6 Å². The maximum Gasteiger partial charge on any atom is 0.158 e. The normalized spacial score (nSPS) is 29.0. The first-order valence-corrected chi connectivity index (χ1v) is 3.01. The summed E-state index contributed by atoms with van der Waals surface area (Å²) in [4.78, 5) is 3.84. The lowest BCUT2D eigenvalue weighted by atomic mass is 10.7. The first-order valence-electron chi connectivity index (χ1n) is 2.03. The molecule has 0 spiro atoms. The Balaban J connectivity index is 2.28. The predicted octanol–water partition coefficient (Wildman–Crippen LogP) is 0.611. The zero-order valence-corrected chi connectivity index (χ0v) is 4.86. The average molecular weight is 116 g/mol. The van der Waals surface area contributed by atoms with Crippen molar-refractivity contribution in [2.75, 3.05) is 12.9 Å². The summed E-state index contributed by atoms with van der Waals surface area (Å²) in [6, 6.07) is 0. The minimum atomic E-state index is 0.0741. The van der Waals surface area contributed by atoms with Gasteiger partial charge in [-0.3, -0.25) is 0 Å². The van der Waals surface area contributed by atoms with Crippen LogP contribution in [0.5, 0.6) is 0 Å². The van der Waals surface area contributed by atoms with Gasteiger partial charge in [0.2, 0.25) is 0 Å². The third-order valence-electron chi connectivity index (χ3n) is 0.759. The van der Waals surface area contributed by atoms with Crippen LogP contribution in [0, 0.1) is 0 Å². The second-order valence-electron chi connectivity index (χ2n) is 1.22. The molecule has 1 aliphatic heterocycles. The Morgan fingerprint density at radius 3 is 3.14 bits per heavy atom. The number of nitrogens with zero attached hydrogens (tertiary/aromatic N) is 1. The van der Waals surface area contributed by atoms with Gasteiger partial charge in [0.15, 0.2) is 6.23 Å². The molecule has 2 nitrogen and oxygen atoms in total. The van der Waals surface area contributed by atoms with E-state index in [1.54, 1.807) is 18.9 Å². The Labute approximate surface area is 47.0 Å². The molecule has 1 unspecified atom stereocenters. The molecular weight excluding hydrogens is 110 g/mol. The third-order valence-corrected chi connectivity index (χ3v) is 1.45. The predicted molar refractivity (Wildman–Crippen MR) is 30.7 cm³/mol. The smallest absolute Gasteiger partial charge is 0.158 e. The van der Waals surface area contributed by atoms with Crippen LogP contribution in [0.3, 0.4) is 0 Å². The van der Waals surface area contributed by atoms with Gasteiger partial charge in [-0.25, -0.2) is 4.99 Å². The fraction of sp³-hybridized carbons (Fsp3) is 0.750. The highest BCUT2D eigenvalue weighted by Crippen LogP contribution is 2.10. The molecule has 0 N–H and O–H groups in total. The average Bonchev–Trinajstić information content (AvgIpc) is 2.14. The minimum Gasteiger partial charge on any atom is -0.359 e. The summed E-state index contributed by atoms with van der Waals surface area (Å²) in [5.74, 6) is 0.927. The molecule has 1 radical (unpaired) electrons. The Morgan fingerprint density at radius 1 is 2.00 bits per heavy atom. The molecule has 0 saturated carbocycles. The van der Waals surface area contributed by atoms with Crippen molar-refractivity contribution in [3.8, 4) is 0 Å². The molecule has 0 aromatic carbocycles. The van der Waals surface area contributed by atoms with E-state index in [0.29, 0.717) is 0 Å². The van der Waals surface area contributed by atoms with Gasteiger partial charge in [0.05, 0.1) is 0 Å². The monoisotopic (exact) mass is 116 g/mol. The van der Waals surface area contributed by atoms with Crippen LogP contribution in [-0.2, 0) is 4.74 Å². The number of thioether (sulfide) groups is 1. The lowest BCUT2D eigenvalue weighted by Gasteiger charge is -1.98. The van der Waals surface area contributed by atoms with Gasteiger partial charge in [0.25, 0.3) is 0 Å². The van der Waals surface area contributed by atoms with E-state index in [2.05, 4.69) is 10.5 Å². The summed E-state index contributed by atoms with van der Waals surface area (Å²) in [6.45, 7) is 0. The molecule has 1 heterocycles. The van der Waals surface area contributed by atoms with Crippen molar-refractivity contribution in [3.05, 3.63) is 0 Å². The molecule has 0 aromatic heterocycles. The van der Waals surface area contributed by atoms with E-state index in [4.69, 9.17) is 4.74 Å². The Morgan fingerprint density at radius 2 is 2.86 bits per heavy atom. The van der Waals surface area contributed by atoms with Crippen LogP contribution < -0.4 is 0 Å². The lowest BCUT2D eigenvalue weighted by Crippen LogP contribution is -2.04. The molecule has 7 heavy (non-hydrogen) atoms. The maximum absolute atomic E-state index is 4.86. The van der Waals surface area contributed by atoms with Gasteiger partial charge in [-0.1, -0.05) is 11.8 Å². The van der Waals surface area contributed by atoms with Crippen LogP contribution >= 0.6 is 11.8 Å². The molecule has 0 saturated heterocycles. The van der Waals surface area contributed by atoms with E-state index in [9.17, 15) is 0 Å². The fourth-order valence-corrected chi connectivity index (χ4v) is 0.982. The van der Waals surface area contributed by atoms with E-state index in [-0.39, 0.29) is 6.23 Å². The highest BCUT2D eigenvalue weighted by atomic mass is 32.2.